The molecule has 1 spiro atoms. The second-order valence-corrected chi connectivity index (χ2v) is 5.79. The van der Waals surface area contributed by atoms with Gasteiger partial charge in [0.1, 0.15) is 17.6 Å². The number of hydrogen-bond acceptors (Lipinski definition) is 5. The van der Waals surface area contributed by atoms with E-state index in [1.54, 1.807) is 0 Å². The summed E-state index contributed by atoms with van der Waals surface area (Å²) in [6.07, 6.45) is -0.467. The van der Waals surface area contributed by atoms with Gasteiger partial charge in [-0.25, -0.2) is 0 Å². The minimum absolute atomic E-state index is 0.278. The Morgan fingerprint density at radius 3 is 2.50 bits per heavy atom. The zero-order valence-electron chi connectivity index (χ0n) is 12.5. The fourth-order valence-electron chi connectivity index (χ4n) is 3.13. The summed E-state index contributed by atoms with van der Waals surface area (Å²) in [6, 6.07) is -2.10. The normalized spacial score (nSPS) is 29.5. The highest BCUT2D eigenvalue weighted by molar-refractivity contribution is 6.00. The number of carbonyl (C=O) groups is 4. The molecule has 2 aliphatic rings. The molecule has 5 N–H and O–H groups in total. The molecule has 2 heterocycles. The van der Waals surface area contributed by atoms with Gasteiger partial charge in [-0.3, -0.25) is 19.2 Å². The largest absolute Gasteiger partial charge is 0.391 e. The number of nitrogens with one attached hydrogen (secondary N) is 2. The Balaban J connectivity index is 2.17. The van der Waals surface area contributed by atoms with Gasteiger partial charge in [0.2, 0.25) is 23.6 Å². The van der Waals surface area contributed by atoms with Crippen LogP contribution < -0.4 is 16.4 Å². The lowest BCUT2D eigenvalue weighted by Crippen LogP contribution is -2.73. The fourth-order valence-corrected chi connectivity index (χ4v) is 3.13. The van der Waals surface area contributed by atoms with Crippen molar-refractivity contribution in [2.24, 2.45) is 5.73 Å². The molecule has 0 aliphatic carbocycles. The van der Waals surface area contributed by atoms with Crippen LogP contribution in [0.1, 0.15) is 26.7 Å². The number of rotatable bonds is 4. The molecule has 22 heavy (non-hydrogen) atoms. The number of nitrogens with two attached hydrogens (primary N) is 1. The molecule has 0 aromatic heterocycles. The van der Waals surface area contributed by atoms with Crippen LogP contribution in [-0.4, -0.2) is 63.9 Å². The van der Waals surface area contributed by atoms with E-state index in [0.29, 0.717) is 19.4 Å². The second kappa shape index (κ2) is 5.56. The summed E-state index contributed by atoms with van der Waals surface area (Å²) in [5.74, 6) is -2.14. The molecule has 4 amide bonds. The lowest BCUT2D eigenvalue weighted by Gasteiger charge is -2.45. The van der Waals surface area contributed by atoms with E-state index in [1.807, 2.05) is 0 Å². The van der Waals surface area contributed by atoms with Gasteiger partial charge in [-0.2, -0.15) is 0 Å². The van der Waals surface area contributed by atoms with Gasteiger partial charge < -0.3 is 26.4 Å². The smallest absolute Gasteiger partial charge is 0.247 e. The Morgan fingerprint density at radius 2 is 2.14 bits per heavy atom. The Labute approximate surface area is 127 Å². The van der Waals surface area contributed by atoms with Crippen LogP contribution in [0.3, 0.4) is 0 Å². The van der Waals surface area contributed by atoms with E-state index in [4.69, 9.17) is 5.73 Å². The highest BCUT2D eigenvalue weighted by Gasteiger charge is 2.59. The second-order valence-electron chi connectivity index (χ2n) is 5.79. The number of β-lactam (4-membered cyclic amide) rings is 1. The van der Waals surface area contributed by atoms with Crippen molar-refractivity contribution >= 4 is 23.6 Å². The molecule has 0 saturated carbocycles. The van der Waals surface area contributed by atoms with Crippen LogP contribution in [0.15, 0.2) is 0 Å². The highest BCUT2D eigenvalue weighted by Crippen LogP contribution is 2.38. The average molecular weight is 312 g/mol. The van der Waals surface area contributed by atoms with Gasteiger partial charge in [-0.05, 0) is 19.8 Å². The lowest BCUT2D eigenvalue weighted by molar-refractivity contribution is -0.155. The van der Waals surface area contributed by atoms with Crippen molar-refractivity contribution in [3.8, 4) is 0 Å². The molecule has 2 aliphatic heterocycles. The van der Waals surface area contributed by atoms with Crippen LogP contribution in [0.2, 0.25) is 0 Å². The van der Waals surface area contributed by atoms with Crippen LogP contribution in [0.5, 0.6) is 0 Å². The molecular formula is C13H20N4O5. The van der Waals surface area contributed by atoms with E-state index in [0.717, 1.165) is 0 Å². The van der Waals surface area contributed by atoms with Crippen LogP contribution in [0.25, 0.3) is 0 Å². The van der Waals surface area contributed by atoms with Crippen LogP contribution >= 0.6 is 0 Å². The molecule has 2 saturated heterocycles. The Bertz CT molecular complexity index is 535. The zero-order valence-corrected chi connectivity index (χ0v) is 12.5. The molecule has 9 heteroatoms. The van der Waals surface area contributed by atoms with Crippen molar-refractivity contribution in [1.82, 2.24) is 15.5 Å². The first-order chi connectivity index (χ1) is 10.2. The molecule has 122 valence electrons. The maximum Gasteiger partial charge on any atom is 0.247 e. The Hall–Kier alpha value is -2.16. The van der Waals surface area contributed by atoms with E-state index in [1.165, 1.54) is 18.7 Å². The Kier molecular flexibility index (Phi) is 4.10. The van der Waals surface area contributed by atoms with Crippen molar-refractivity contribution in [2.45, 2.75) is 50.4 Å². The number of carbonyl (C=O) groups excluding carboxylic acids is 4. The van der Waals surface area contributed by atoms with Gasteiger partial charge in [0.25, 0.3) is 0 Å². The van der Waals surface area contributed by atoms with E-state index in [-0.39, 0.29) is 11.8 Å². The Morgan fingerprint density at radius 1 is 1.50 bits per heavy atom. The van der Waals surface area contributed by atoms with Gasteiger partial charge in [0.05, 0.1) is 12.6 Å². The third-order valence-corrected chi connectivity index (χ3v) is 4.30. The van der Waals surface area contributed by atoms with E-state index in [9.17, 15) is 24.3 Å². The van der Waals surface area contributed by atoms with Crippen molar-refractivity contribution in [3.05, 3.63) is 0 Å². The minimum atomic E-state index is -1.24. The molecule has 0 aromatic rings. The fraction of sp³-hybridized carbons (Fsp3) is 0.692. The van der Waals surface area contributed by atoms with Crippen molar-refractivity contribution in [3.63, 3.8) is 0 Å². The number of aliphatic hydroxyl groups excluding tert-OH is 1. The maximum atomic E-state index is 12.4. The summed E-state index contributed by atoms with van der Waals surface area (Å²) >= 11 is 0. The van der Waals surface area contributed by atoms with E-state index >= 15 is 0 Å². The summed E-state index contributed by atoms with van der Waals surface area (Å²) in [5.41, 5.74) is 4.16. The van der Waals surface area contributed by atoms with Gasteiger partial charge >= 0.3 is 0 Å². The van der Waals surface area contributed by atoms with Crippen molar-refractivity contribution in [1.29, 1.82) is 0 Å². The molecule has 0 bridgehead atoms. The van der Waals surface area contributed by atoms with Gasteiger partial charge in [0.15, 0.2) is 0 Å². The van der Waals surface area contributed by atoms with Crippen molar-refractivity contribution in [2.75, 3.05) is 6.54 Å². The summed E-state index contributed by atoms with van der Waals surface area (Å²) in [5, 5.41) is 14.4. The molecule has 2 rings (SSSR count). The zero-order chi connectivity index (χ0) is 16.7. The summed E-state index contributed by atoms with van der Waals surface area (Å²) in [4.78, 5) is 48.6. The molecular weight excluding hydrogens is 292 g/mol. The van der Waals surface area contributed by atoms with Crippen LogP contribution in [0, 0.1) is 0 Å². The first-order valence-corrected chi connectivity index (χ1v) is 7.06. The predicted octanol–water partition coefficient (Wildman–Crippen LogP) is -2.78. The molecule has 0 radical (unpaired) electrons. The van der Waals surface area contributed by atoms with Crippen LogP contribution in [0.4, 0.5) is 0 Å². The van der Waals surface area contributed by atoms with E-state index in [2.05, 4.69) is 10.6 Å². The third-order valence-electron chi connectivity index (χ3n) is 4.30. The van der Waals surface area contributed by atoms with Gasteiger partial charge in [0, 0.05) is 6.92 Å². The highest BCUT2D eigenvalue weighted by atomic mass is 16.3. The number of hydrogen-bond donors (Lipinski definition) is 4. The first-order valence-electron chi connectivity index (χ1n) is 7.06. The maximum absolute atomic E-state index is 12.4. The monoisotopic (exact) mass is 312 g/mol. The quantitative estimate of drug-likeness (QED) is 0.415. The number of aliphatic hydroxyl groups is 1. The molecule has 4 atom stereocenters. The van der Waals surface area contributed by atoms with Gasteiger partial charge in [-0.1, -0.05) is 0 Å². The molecule has 0 aromatic carbocycles. The first kappa shape index (κ1) is 16.2. The van der Waals surface area contributed by atoms with Gasteiger partial charge in [-0.15, -0.1) is 0 Å². The van der Waals surface area contributed by atoms with Crippen molar-refractivity contribution < 1.29 is 24.3 Å². The lowest BCUT2D eigenvalue weighted by atomic mass is 9.88. The molecule has 2 fully saturated rings. The summed E-state index contributed by atoms with van der Waals surface area (Å²) in [7, 11) is 0. The average Bonchev–Trinajstić information content (AvgIpc) is 2.84. The number of primary amides is 1. The number of likely N-dealkylation sites (tertiary alicyclic amines) is 1. The number of amides is 4. The SMILES string of the molecule is CC(=O)N1C(C(=O)N[C@@H](C(N)=O)[C@@H](C)O)CCC12CNC2=O. The van der Waals surface area contributed by atoms with E-state index < -0.39 is 35.5 Å². The predicted molar refractivity (Wildman–Crippen MR) is 74.1 cm³/mol. The standard InChI is InChI=1S/C13H20N4O5/c1-6(18)9(10(14)20)16-11(21)8-3-4-13(5-15-12(13)22)17(8)7(2)19/h6,8-9,18H,3-5H2,1-2H3,(H2,14,20)(H,15,22)(H,16,21)/t6-,8?,9-,13?/m1/s1. The topological polar surface area (TPSA) is 142 Å². The molecule has 9 nitrogen and oxygen atoms in total. The summed E-state index contributed by atoms with van der Waals surface area (Å²) < 4.78 is 0. The summed E-state index contributed by atoms with van der Waals surface area (Å²) in [6.45, 7) is 2.93. The minimum Gasteiger partial charge on any atom is -0.391 e. The third kappa shape index (κ3) is 2.41. The molecule has 2 unspecified atom stereocenters. The number of nitrogens with zero attached hydrogens (tertiary/aromatic N) is 1. The van der Waals surface area contributed by atoms with Crippen LogP contribution in [-0.2, 0) is 19.2 Å².